The maximum absolute atomic E-state index is 13.0. The molecule has 0 aromatic carbocycles. The van der Waals surface area contributed by atoms with Gasteiger partial charge in [-0.1, -0.05) is 365 Å². The third-order valence-corrected chi connectivity index (χ3v) is 16.3. The van der Waals surface area contributed by atoms with Crippen molar-refractivity contribution in [3.63, 3.8) is 0 Å². The van der Waals surface area contributed by atoms with Crippen LogP contribution in [0, 0.1) is 0 Å². The summed E-state index contributed by atoms with van der Waals surface area (Å²) in [4.78, 5) is 38.5. The molecule has 0 radical (unpaired) electrons. The van der Waals surface area contributed by atoms with Crippen molar-refractivity contribution in [2.24, 2.45) is 0 Å². The SMILES string of the molecule is CC/C=C\C/C=C\C/C=C\C/C=C\CCCCCCCCCCCCC(=O)OCC(COC(=O)CCCCCCCCCCCCCCCCCCC)OC(=O)CCCCCCCCCCCCCCCCCCCCCCCCC. The fraction of sp³-hybridized carbons (Fsp3) is 0.853. The second-order valence-electron chi connectivity index (χ2n) is 24.5. The van der Waals surface area contributed by atoms with Gasteiger partial charge in [-0.05, 0) is 57.8 Å². The first-order chi connectivity index (χ1) is 40.0. The highest BCUT2D eigenvalue weighted by Gasteiger charge is 2.19. The van der Waals surface area contributed by atoms with E-state index < -0.39 is 6.10 Å². The summed E-state index contributed by atoms with van der Waals surface area (Å²) in [6, 6.07) is 0. The highest BCUT2D eigenvalue weighted by atomic mass is 16.6. The Labute approximate surface area is 505 Å². The number of ether oxygens (including phenoxy) is 3. The van der Waals surface area contributed by atoms with Gasteiger partial charge in [0.05, 0.1) is 0 Å². The molecule has 6 nitrogen and oxygen atoms in total. The molecular formula is C75H138O6. The van der Waals surface area contributed by atoms with Gasteiger partial charge in [0, 0.05) is 19.3 Å². The van der Waals surface area contributed by atoms with Crippen LogP contribution >= 0.6 is 0 Å². The minimum atomic E-state index is -0.773. The Morgan fingerprint density at radius 3 is 0.753 bits per heavy atom. The average Bonchev–Trinajstić information content (AvgIpc) is 3.47. The van der Waals surface area contributed by atoms with Crippen molar-refractivity contribution in [2.45, 2.75) is 399 Å². The van der Waals surface area contributed by atoms with Crippen LogP contribution in [0.3, 0.4) is 0 Å². The maximum Gasteiger partial charge on any atom is 0.306 e. The van der Waals surface area contributed by atoms with Crippen LogP contribution < -0.4 is 0 Å². The van der Waals surface area contributed by atoms with Crippen LogP contribution in [0.1, 0.15) is 393 Å². The molecule has 81 heavy (non-hydrogen) atoms. The minimum Gasteiger partial charge on any atom is -0.462 e. The summed E-state index contributed by atoms with van der Waals surface area (Å²) in [5, 5.41) is 0. The summed E-state index contributed by atoms with van der Waals surface area (Å²) in [5.41, 5.74) is 0. The largest absolute Gasteiger partial charge is 0.462 e. The van der Waals surface area contributed by atoms with Crippen LogP contribution in [0.4, 0.5) is 0 Å². The van der Waals surface area contributed by atoms with Crippen LogP contribution in [-0.2, 0) is 28.6 Å². The van der Waals surface area contributed by atoms with E-state index in [9.17, 15) is 14.4 Å². The van der Waals surface area contributed by atoms with Gasteiger partial charge in [0.1, 0.15) is 13.2 Å². The topological polar surface area (TPSA) is 78.9 Å². The molecule has 0 saturated carbocycles. The molecule has 0 aliphatic heterocycles. The Kier molecular flexibility index (Phi) is 67.6. The lowest BCUT2D eigenvalue weighted by Crippen LogP contribution is -2.30. The number of carbonyl (C=O) groups is 3. The van der Waals surface area contributed by atoms with E-state index in [0.29, 0.717) is 19.3 Å². The van der Waals surface area contributed by atoms with Gasteiger partial charge in [0.15, 0.2) is 6.10 Å². The summed E-state index contributed by atoms with van der Waals surface area (Å²) in [6.07, 6.45) is 88.5. The molecule has 0 heterocycles. The Balaban J connectivity index is 4.30. The summed E-state index contributed by atoms with van der Waals surface area (Å²) in [6.45, 7) is 6.61. The van der Waals surface area contributed by atoms with Gasteiger partial charge in [-0.15, -0.1) is 0 Å². The Hall–Kier alpha value is -2.63. The molecule has 0 aromatic rings. The molecule has 0 fully saturated rings. The maximum atomic E-state index is 13.0. The van der Waals surface area contributed by atoms with Crippen LogP contribution in [0.5, 0.6) is 0 Å². The minimum absolute atomic E-state index is 0.0680. The molecule has 1 unspecified atom stereocenters. The molecule has 0 spiro atoms. The number of hydrogen-bond acceptors (Lipinski definition) is 6. The van der Waals surface area contributed by atoms with Gasteiger partial charge in [-0.3, -0.25) is 14.4 Å². The van der Waals surface area contributed by atoms with Crippen molar-refractivity contribution in [1.29, 1.82) is 0 Å². The van der Waals surface area contributed by atoms with E-state index in [0.717, 1.165) is 83.5 Å². The fourth-order valence-electron chi connectivity index (χ4n) is 11.0. The van der Waals surface area contributed by atoms with E-state index in [4.69, 9.17) is 14.2 Å². The number of carbonyl (C=O) groups excluding carboxylic acids is 3. The van der Waals surface area contributed by atoms with Crippen molar-refractivity contribution in [3.8, 4) is 0 Å². The zero-order valence-corrected chi connectivity index (χ0v) is 54.6. The van der Waals surface area contributed by atoms with Gasteiger partial charge >= 0.3 is 17.9 Å². The van der Waals surface area contributed by atoms with Crippen LogP contribution in [0.25, 0.3) is 0 Å². The summed E-state index contributed by atoms with van der Waals surface area (Å²) in [7, 11) is 0. The van der Waals surface area contributed by atoms with Crippen LogP contribution in [0.2, 0.25) is 0 Å². The predicted molar refractivity (Wildman–Crippen MR) is 353 cm³/mol. The molecule has 0 bridgehead atoms. The predicted octanol–water partition coefficient (Wildman–Crippen LogP) is 24.9. The molecule has 1 atom stereocenters. The summed E-state index contributed by atoms with van der Waals surface area (Å²) < 4.78 is 17.0. The van der Waals surface area contributed by atoms with Crippen molar-refractivity contribution >= 4 is 17.9 Å². The smallest absolute Gasteiger partial charge is 0.306 e. The average molecular weight is 1140 g/mol. The summed E-state index contributed by atoms with van der Waals surface area (Å²) >= 11 is 0. The van der Waals surface area contributed by atoms with E-state index in [-0.39, 0.29) is 31.1 Å². The highest BCUT2D eigenvalue weighted by Crippen LogP contribution is 2.19. The highest BCUT2D eigenvalue weighted by molar-refractivity contribution is 5.71. The zero-order valence-electron chi connectivity index (χ0n) is 54.6. The van der Waals surface area contributed by atoms with Gasteiger partial charge in [0.25, 0.3) is 0 Å². The number of unbranched alkanes of at least 4 members (excludes halogenated alkanes) is 48. The normalized spacial score (nSPS) is 12.3. The molecule has 0 aliphatic rings. The van der Waals surface area contributed by atoms with E-state index in [1.54, 1.807) is 0 Å². The molecule has 0 N–H and O–H groups in total. The third kappa shape index (κ3) is 68.0. The quantitative estimate of drug-likeness (QED) is 0.0261. The lowest BCUT2D eigenvalue weighted by molar-refractivity contribution is -0.167. The molecule has 0 saturated heterocycles. The number of rotatable bonds is 67. The Bertz CT molecular complexity index is 1400. The lowest BCUT2D eigenvalue weighted by Gasteiger charge is -2.18. The van der Waals surface area contributed by atoms with Crippen molar-refractivity contribution < 1.29 is 28.6 Å². The van der Waals surface area contributed by atoms with Gasteiger partial charge in [-0.25, -0.2) is 0 Å². The lowest BCUT2D eigenvalue weighted by atomic mass is 10.0. The third-order valence-electron chi connectivity index (χ3n) is 16.3. The van der Waals surface area contributed by atoms with Crippen molar-refractivity contribution in [2.75, 3.05) is 13.2 Å². The number of allylic oxidation sites excluding steroid dienone is 8. The van der Waals surface area contributed by atoms with Crippen molar-refractivity contribution in [3.05, 3.63) is 48.6 Å². The Morgan fingerprint density at radius 2 is 0.481 bits per heavy atom. The molecule has 0 aliphatic carbocycles. The van der Waals surface area contributed by atoms with Gasteiger partial charge in [0.2, 0.25) is 0 Å². The van der Waals surface area contributed by atoms with Crippen LogP contribution in [-0.4, -0.2) is 37.2 Å². The van der Waals surface area contributed by atoms with Crippen LogP contribution in [0.15, 0.2) is 48.6 Å². The molecule has 6 heteroatoms. The molecule has 0 amide bonds. The second kappa shape index (κ2) is 69.9. The fourth-order valence-corrected chi connectivity index (χ4v) is 11.0. The van der Waals surface area contributed by atoms with Crippen molar-refractivity contribution in [1.82, 2.24) is 0 Å². The van der Waals surface area contributed by atoms with Gasteiger partial charge < -0.3 is 14.2 Å². The second-order valence-corrected chi connectivity index (χ2v) is 24.5. The monoisotopic (exact) mass is 1140 g/mol. The van der Waals surface area contributed by atoms with E-state index in [1.165, 1.54) is 270 Å². The standard InChI is InChI=1S/C75H138O6/c1-4-7-10-13-16-19-22-25-28-31-33-35-37-39-41-44-47-50-53-56-59-62-65-68-74(77)80-71-72(70-79-73(76)67-64-61-58-55-52-49-46-43-30-27-24-21-18-15-12-9-6-3)81-75(78)69-66-63-60-57-54-51-48-45-42-40-38-36-34-32-29-26-23-20-17-14-11-8-5-2/h7,10,16,19,25,28,33,35,72H,4-6,8-9,11-15,17-18,20-24,26-27,29-32,34,36-71H2,1-3H3/b10-7-,19-16-,28-25-,35-33-. The molecule has 0 rings (SSSR count). The van der Waals surface area contributed by atoms with E-state index in [2.05, 4.69) is 69.4 Å². The first kappa shape index (κ1) is 78.4. The number of esters is 3. The molecule has 0 aromatic heterocycles. The zero-order chi connectivity index (χ0) is 58.5. The summed E-state index contributed by atoms with van der Waals surface area (Å²) in [5.74, 6) is -0.840. The number of hydrogen-bond donors (Lipinski definition) is 0. The van der Waals surface area contributed by atoms with E-state index >= 15 is 0 Å². The first-order valence-corrected chi connectivity index (χ1v) is 36.1. The first-order valence-electron chi connectivity index (χ1n) is 36.1. The molecular weight excluding hydrogens is 997 g/mol. The van der Waals surface area contributed by atoms with Gasteiger partial charge in [-0.2, -0.15) is 0 Å². The molecule has 474 valence electrons. The Morgan fingerprint density at radius 1 is 0.259 bits per heavy atom. The van der Waals surface area contributed by atoms with E-state index in [1.807, 2.05) is 0 Å².